The van der Waals surface area contributed by atoms with Gasteiger partial charge in [0.05, 0.1) is 25.9 Å². The third kappa shape index (κ3) is 4.37. The van der Waals surface area contributed by atoms with E-state index in [4.69, 9.17) is 9.84 Å². The third-order valence-electron chi connectivity index (χ3n) is 2.67. The minimum absolute atomic E-state index is 0.117. The lowest BCUT2D eigenvalue weighted by Crippen LogP contribution is -2.10. The lowest BCUT2D eigenvalue weighted by atomic mass is 10.00. The minimum atomic E-state index is -0.424. The monoisotopic (exact) mass is 266 g/mol. The molecule has 0 aliphatic heterocycles. The largest absolute Gasteiger partial charge is 0.469 e. The van der Waals surface area contributed by atoms with Crippen molar-refractivity contribution in [2.24, 2.45) is 0 Å². The van der Waals surface area contributed by atoms with E-state index in [1.54, 1.807) is 25.1 Å². The standard InChI is InChI=1S/C14H18O5/c1-3-19-14(17)12-6-4-10(9-15)8-11(12)5-7-13(16)18-2/h4,6,8,15H,3,5,7,9H2,1-2H3. The maximum Gasteiger partial charge on any atom is 0.338 e. The van der Waals surface area contributed by atoms with Gasteiger partial charge in [0, 0.05) is 6.42 Å². The topological polar surface area (TPSA) is 72.8 Å². The van der Waals surface area contributed by atoms with Crippen LogP contribution in [0.3, 0.4) is 0 Å². The Morgan fingerprint density at radius 1 is 1.32 bits per heavy atom. The number of methoxy groups -OCH3 is 1. The molecule has 1 rings (SSSR count). The molecule has 1 N–H and O–H groups in total. The lowest BCUT2D eigenvalue weighted by Gasteiger charge is -2.10. The molecule has 0 aromatic heterocycles. The number of carbonyl (C=O) groups is 2. The number of carbonyl (C=O) groups excluding carboxylic acids is 2. The lowest BCUT2D eigenvalue weighted by molar-refractivity contribution is -0.140. The fourth-order valence-corrected chi connectivity index (χ4v) is 1.70. The van der Waals surface area contributed by atoms with E-state index >= 15 is 0 Å². The van der Waals surface area contributed by atoms with Gasteiger partial charge in [-0.3, -0.25) is 4.79 Å². The van der Waals surface area contributed by atoms with Crippen LogP contribution in [-0.2, 0) is 27.3 Å². The highest BCUT2D eigenvalue weighted by Crippen LogP contribution is 2.16. The van der Waals surface area contributed by atoms with E-state index in [-0.39, 0.29) is 25.6 Å². The van der Waals surface area contributed by atoms with Crippen molar-refractivity contribution in [3.8, 4) is 0 Å². The molecule has 0 heterocycles. The van der Waals surface area contributed by atoms with Gasteiger partial charge in [-0.05, 0) is 30.5 Å². The van der Waals surface area contributed by atoms with Crippen LogP contribution >= 0.6 is 0 Å². The van der Waals surface area contributed by atoms with E-state index in [9.17, 15) is 9.59 Å². The second-order valence-corrected chi connectivity index (χ2v) is 3.95. The molecule has 0 unspecified atom stereocenters. The van der Waals surface area contributed by atoms with Crippen molar-refractivity contribution in [3.63, 3.8) is 0 Å². The second-order valence-electron chi connectivity index (χ2n) is 3.95. The first-order valence-corrected chi connectivity index (χ1v) is 6.09. The summed E-state index contributed by atoms with van der Waals surface area (Å²) in [4.78, 5) is 22.9. The van der Waals surface area contributed by atoms with Gasteiger partial charge in [-0.1, -0.05) is 12.1 Å². The Hall–Kier alpha value is -1.88. The van der Waals surface area contributed by atoms with E-state index in [0.29, 0.717) is 23.1 Å². The number of hydrogen-bond acceptors (Lipinski definition) is 5. The summed E-state index contributed by atoms with van der Waals surface area (Å²) < 4.78 is 9.53. The minimum Gasteiger partial charge on any atom is -0.469 e. The van der Waals surface area contributed by atoms with E-state index < -0.39 is 5.97 Å². The van der Waals surface area contributed by atoms with E-state index in [2.05, 4.69) is 4.74 Å². The van der Waals surface area contributed by atoms with Gasteiger partial charge >= 0.3 is 11.9 Å². The van der Waals surface area contributed by atoms with Crippen molar-refractivity contribution in [2.75, 3.05) is 13.7 Å². The molecule has 0 fully saturated rings. The zero-order chi connectivity index (χ0) is 14.3. The van der Waals surface area contributed by atoms with E-state index in [1.165, 1.54) is 7.11 Å². The first kappa shape index (κ1) is 15.2. The molecule has 104 valence electrons. The zero-order valence-electron chi connectivity index (χ0n) is 11.1. The van der Waals surface area contributed by atoms with Gasteiger partial charge in [-0.15, -0.1) is 0 Å². The maximum absolute atomic E-state index is 11.8. The van der Waals surface area contributed by atoms with Crippen LogP contribution in [0, 0.1) is 0 Å². The van der Waals surface area contributed by atoms with Gasteiger partial charge in [-0.25, -0.2) is 4.79 Å². The molecule has 0 saturated heterocycles. The fourth-order valence-electron chi connectivity index (χ4n) is 1.70. The molecule has 1 aromatic carbocycles. The summed E-state index contributed by atoms with van der Waals surface area (Å²) in [6.45, 7) is 1.90. The Labute approximate surface area is 112 Å². The Balaban J connectivity index is 2.95. The van der Waals surface area contributed by atoms with Crippen molar-refractivity contribution in [2.45, 2.75) is 26.4 Å². The van der Waals surface area contributed by atoms with Crippen LogP contribution < -0.4 is 0 Å². The number of hydrogen-bond donors (Lipinski definition) is 1. The van der Waals surface area contributed by atoms with Crippen LogP contribution in [-0.4, -0.2) is 30.8 Å². The highest BCUT2D eigenvalue weighted by Gasteiger charge is 2.14. The van der Waals surface area contributed by atoms with Crippen molar-refractivity contribution < 1.29 is 24.2 Å². The van der Waals surface area contributed by atoms with Crippen molar-refractivity contribution in [1.29, 1.82) is 0 Å². The first-order valence-electron chi connectivity index (χ1n) is 6.09. The van der Waals surface area contributed by atoms with Gasteiger partial charge in [0.15, 0.2) is 0 Å². The van der Waals surface area contributed by atoms with Crippen molar-refractivity contribution in [1.82, 2.24) is 0 Å². The molecule has 0 radical (unpaired) electrons. The molecule has 0 atom stereocenters. The molecule has 0 saturated carbocycles. The normalized spacial score (nSPS) is 10.1. The summed E-state index contributed by atoms with van der Waals surface area (Å²) in [5, 5.41) is 9.11. The van der Waals surface area contributed by atoms with Gasteiger partial charge in [0.25, 0.3) is 0 Å². The summed E-state index contributed by atoms with van der Waals surface area (Å²) in [5.74, 6) is -0.768. The van der Waals surface area contributed by atoms with Gasteiger partial charge in [0.2, 0.25) is 0 Å². The quantitative estimate of drug-likeness (QED) is 0.789. The predicted octanol–water partition coefficient (Wildman–Crippen LogP) is 1.46. The Kier molecular flexibility index (Phi) is 6.02. The van der Waals surface area contributed by atoms with Crippen molar-refractivity contribution >= 4 is 11.9 Å². The third-order valence-corrected chi connectivity index (χ3v) is 2.67. The first-order chi connectivity index (χ1) is 9.12. The fraction of sp³-hybridized carbons (Fsp3) is 0.429. The molecular weight excluding hydrogens is 248 g/mol. The molecule has 0 aliphatic carbocycles. The molecule has 0 aliphatic rings. The molecular formula is C14H18O5. The van der Waals surface area contributed by atoms with Crippen LogP contribution in [0.1, 0.15) is 34.8 Å². The molecule has 0 spiro atoms. The molecule has 0 amide bonds. The Bertz CT molecular complexity index is 453. The number of aryl methyl sites for hydroxylation is 1. The number of aliphatic hydroxyl groups is 1. The summed E-state index contributed by atoms with van der Waals surface area (Å²) in [6, 6.07) is 4.97. The van der Waals surface area contributed by atoms with Gasteiger partial charge < -0.3 is 14.6 Å². The second kappa shape index (κ2) is 7.53. The molecule has 1 aromatic rings. The average Bonchev–Trinajstić information content (AvgIpc) is 2.44. The zero-order valence-corrected chi connectivity index (χ0v) is 11.1. The number of rotatable bonds is 6. The SMILES string of the molecule is CCOC(=O)c1ccc(CO)cc1CCC(=O)OC. The Morgan fingerprint density at radius 2 is 2.05 bits per heavy atom. The van der Waals surface area contributed by atoms with E-state index in [1.807, 2.05) is 0 Å². The molecule has 5 heteroatoms. The Morgan fingerprint density at radius 3 is 2.63 bits per heavy atom. The summed E-state index contributed by atoms with van der Waals surface area (Å²) >= 11 is 0. The smallest absolute Gasteiger partial charge is 0.338 e. The highest BCUT2D eigenvalue weighted by atomic mass is 16.5. The number of benzene rings is 1. The average molecular weight is 266 g/mol. The number of esters is 2. The molecule has 0 bridgehead atoms. The highest BCUT2D eigenvalue weighted by molar-refractivity contribution is 5.91. The van der Waals surface area contributed by atoms with Crippen LogP contribution in [0.2, 0.25) is 0 Å². The maximum atomic E-state index is 11.8. The van der Waals surface area contributed by atoms with Crippen molar-refractivity contribution in [3.05, 3.63) is 34.9 Å². The van der Waals surface area contributed by atoms with E-state index in [0.717, 1.165) is 0 Å². The summed E-state index contributed by atoms with van der Waals surface area (Å²) in [6.07, 6.45) is 0.548. The molecule has 19 heavy (non-hydrogen) atoms. The number of aliphatic hydroxyl groups excluding tert-OH is 1. The van der Waals surface area contributed by atoms with Crippen LogP contribution in [0.5, 0.6) is 0 Å². The van der Waals surface area contributed by atoms with Crippen LogP contribution in [0.25, 0.3) is 0 Å². The van der Waals surface area contributed by atoms with Crippen LogP contribution in [0.4, 0.5) is 0 Å². The molecule has 5 nitrogen and oxygen atoms in total. The summed E-state index contributed by atoms with van der Waals surface area (Å²) in [7, 11) is 1.32. The predicted molar refractivity (Wildman–Crippen MR) is 68.7 cm³/mol. The van der Waals surface area contributed by atoms with Gasteiger partial charge in [0.1, 0.15) is 0 Å². The number of ether oxygens (including phenoxy) is 2. The van der Waals surface area contributed by atoms with Crippen LogP contribution in [0.15, 0.2) is 18.2 Å². The van der Waals surface area contributed by atoms with Gasteiger partial charge in [-0.2, -0.15) is 0 Å². The summed E-state index contributed by atoms with van der Waals surface area (Å²) in [5.41, 5.74) is 1.78.